The van der Waals surface area contributed by atoms with Crippen LogP contribution < -0.4 is 10.9 Å². The van der Waals surface area contributed by atoms with Gasteiger partial charge in [0.2, 0.25) is 16.0 Å². The lowest BCUT2D eigenvalue weighted by molar-refractivity contribution is 0.101. The summed E-state index contributed by atoms with van der Waals surface area (Å²) >= 11 is 3.39. The SMILES string of the molecule is CC(=O)c1c(C)c2cnc(NC3CCN(S(=O)(=O)c4ccc(CBr)cc4)CC3)nc2n(C2CCCC2)c1=O. The number of hydrogen-bond donors (Lipinski definition) is 1. The molecule has 9 nitrogen and oxygen atoms in total. The molecule has 0 bridgehead atoms. The number of benzene rings is 1. The summed E-state index contributed by atoms with van der Waals surface area (Å²) in [4.78, 5) is 35.3. The highest BCUT2D eigenvalue weighted by Gasteiger charge is 2.30. The van der Waals surface area contributed by atoms with Crippen molar-refractivity contribution < 1.29 is 13.2 Å². The Morgan fingerprint density at radius 3 is 2.37 bits per heavy atom. The average molecular weight is 603 g/mol. The van der Waals surface area contributed by atoms with Crippen molar-refractivity contribution in [3.8, 4) is 0 Å². The van der Waals surface area contributed by atoms with Crippen LogP contribution in [-0.4, -0.2) is 52.2 Å². The topological polar surface area (TPSA) is 114 Å². The number of aryl methyl sites for hydroxylation is 1. The van der Waals surface area contributed by atoms with Gasteiger partial charge in [-0.15, -0.1) is 0 Å². The van der Waals surface area contributed by atoms with E-state index >= 15 is 0 Å². The first-order valence-corrected chi connectivity index (χ1v) is 15.6. The molecule has 1 saturated heterocycles. The Balaban J connectivity index is 1.37. The van der Waals surface area contributed by atoms with Crippen LogP contribution in [0.3, 0.4) is 0 Å². The van der Waals surface area contributed by atoms with E-state index in [1.165, 1.54) is 11.2 Å². The van der Waals surface area contributed by atoms with Gasteiger partial charge in [0.05, 0.1) is 10.5 Å². The summed E-state index contributed by atoms with van der Waals surface area (Å²) in [5.41, 5.74) is 2.12. The van der Waals surface area contributed by atoms with Crippen LogP contribution in [0.15, 0.2) is 40.2 Å². The quantitative estimate of drug-likeness (QED) is 0.311. The number of alkyl halides is 1. The van der Waals surface area contributed by atoms with Gasteiger partial charge in [0.25, 0.3) is 5.56 Å². The Morgan fingerprint density at radius 2 is 1.76 bits per heavy atom. The van der Waals surface area contributed by atoms with Crippen LogP contribution in [0.4, 0.5) is 5.95 Å². The normalized spacial score (nSPS) is 17.8. The first kappa shape index (κ1) is 27.0. The van der Waals surface area contributed by atoms with E-state index in [0.717, 1.165) is 31.2 Å². The standard InChI is InChI=1S/C27H32BrN5O4S/c1-17-23-16-29-27(31-25(23)33(21-5-3-4-6-21)26(35)24(17)18(2)34)30-20-11-13-32(14-12-20)38(36,37)22-9-7-19(15-28)8-10-22/h7-10,16,20-21H,3-6,11-15H2,1-2H3,(H,29,30,31). The van der Waals surface area contributed by atoms with Gasteiger partial charge in [-0.3, -0.25) is 14.2 Å². The number of anilines is 1. The Labute approximate surface area is 230 Å². The first-order chi connectivity index (χ1) is 18.2. The molecule has 0 amide bonds. The van der Waals surface area contributed by atoms with Crippen LogP contribution in [0.1, 0.15) is 73.0 Å². The van der Waals surface area contributed by atoms with Crippen molar-refractivity contribution in [2.75, 3.05) is 18.4 Å². The fourth-order valence-corrected chi connectivity index (χ4v) is 7.48. The van der Waals surface area contributed by atoms with Gasteiger partial charge < -0.3 is 5.32 Å². The summed E-state index contributed by atoms with van der Waals surface area (Å²) in [5.74, 6) is 0.161. The lowest BCUT2D eigenvalue weighted by Gasteiger charge is -2.31. The Morgan fingerprint density at radius 1 is 1.11 bits per heavy atom. The number of halogens is 1. The highest BCUT2D eigenvalue weighted by atomic mass is 79.9. The molecule has 0 radical (unpaired) electrons. The summed E-state index contributed by atoms with van der Waals surface area (Å²) in [5, 5.41) is 4.75. The molecule has 1 saturated carbocycles. The molecule has 1 N–H and O–H groups in total. The molecule has 3 heterocycles. The maximum atomic E-state index is 13.4. The van der Waals surface area contributed by atoms with Gasteiger partial charge in [0.1, 0.15) is 5.65 Å². The molecule has 1 aliphatic carbocycles. The molecule has 2 aliphatic rings. The average Bonchev–Trinajstić information content (AvgIpc) is 3.43. The predicted molar refractivity (Wildman–Crippen MR) is 151 cm³/mol. The van der Waals surface area contributed by atoms with E-state index in [-0.39, 0.29) is 29.0 Å². The van der Waals surface area contributed by atoms with Gasteiger partial charge in [0, 0.05) is 42.1 Å². The number of nitrogens with zero attached hydrogens (tertiary/aromatic N) is 4. The van der Waals surface area contributed by atoms with Crippen LogP contribution in [0.25, 0.3) is 11.0 Å². The summed E-state index contributed by atoms with van der Waals surface area (Å²) in [6, 6.07) is 6.96. The number of fused-ring (bicyclic) bond motifs is 1. The number of ketones is 1. The zero-order valence-corrected chi connectivity index (χ0v) is 24.0. The lowest BCUT2D eigenvalue weighted by Crippen LogP contribution is -2.42. The number of pyridine rings is 1. The molecule has 11 heteroatoms. The van der Waals surface area contributed by atoms with Gasteiger partial charge in [-0.05, 0) is 62.8 Å². The summed E-state index contributed by atoms with van der Waals surface area (Å²) in [6.45, 7) is 3.99. The molecule has 5 rings (SSSR count). The number of aromatic nitrogens is 3. The largest absolute Gasteiger partial charge is 0.351 e. The van der Waals surface area contributed by atoms with Gasteiger partial charge in [-0.1, -0.05) is 40.9 Å². The Hall–Kier alpha value is -2.63. The lowest BCUT2D eigenvalue weighted by atomic mass is 10.0. The third-order valence-electron chi connectivity index (χ3n) is 7.75. The minimum Gasteiger partial charge on any atom is -0.351 e. The molecule has 2 fully saturated rings. The van der Waals surface area contributed by atoms with Crippen molar-refractivity contribution in [1.29, 1.82) is 0 Å². The minimum atomic E-state index is -3.55. The number of carbonyl (C=O) groups is 1. The van der Waals surface area contributed by atoms with E-state index in [1.54, 1.807) is 29.8 Å². The summed E-state index contributed by atoms with van der Waals surface area (Å²) in [6.07, 6.45) is 6.76. The van der Waals surface area contributed by atoms with Crippen LogP contribution in [0.2, 0.25) is 0 Å². The van der Waals surface area contributed by atoms with E-state index in [0.29, 0.717) is 58.7 Å². The minimum absolute atomic E-state index is 0.00100. The van der Waals surface area contributed by atoms with E-state index in [4.69, 9.17) is 4.98 Å². The van der Waals surface area contributed by atoms with Gasteiger partial charge >= 0.3 is 0 Å². The van der Waals surface area contributed by atoms with Crippen molar-refractivity contribution in [2.24, 2.45) is 0 Å². The van der Waals surface area contributed by atoms with Crippen molar-refractivity contribution in [1.82, 2.24) is 18.8 Å². The molecule has 3 aromatic rings. The Bertz CT molecular complexity index is 1520. The molecule has 38 heavy (non-hydrogen) atoms. The second kappa shape index (κ2) is 10.9. The van der Waals surface area contributed by atoms with Crippen LogP contribution in [0, 0.1) is 6.92 Å². The van der Waals surface area contributed by atoms with Crippen LogP contribution >= 0.6 is 15.9 Å². The highest BCUT2D eigenvalue weighted by Crippen LogP contribution is 2.32. The molecule has 0 spiro atoms. The number of rotatable bonds is 7. The van der Waals surface area contributed by atoms with E-state index in [9.17, 15) is 18.0 Å². The zero-order chi connectivity index (χ0) is 27.0. The second-order valence-corrected chi connectivity index (χ2v) is 12.7. The van der Waals surface area contributed by atoms with Gasteiger partial charge in [-0.2, -0.15) is 9.29 Å². The number of carbonyl (C=O) groups excluding carboxylic acids is 1. The predicted octanol–water partition coefficient (Wildman–Crippen LogP) is 4.58. The molecule has 0 unspecified atom stereocenters. The maximum absolute atomic E-state index is 13.4. The number of Topliss-reactive ketones (excluding diaryl/α,β-unsaturated/α-hetero) is 1. The number of sulfonamides is 1. The van der Waals surface area contributed by atoms with E-state index in [2.05, 4.69) is 26.2 Å². The molecule has 1 aromatic carbocycles. The van der Waals surface area contributed by atoms with Gasteiger partial charge in [0.15, 0.2) is 5.78 Å². The molecule has 202 valence electrons. The highest BCUT2D eigenvalue weighted by molar-refractivity contribution is 9.08. The van der Waals surface area contributed by atoms with Crippen LogP contribution in [0.5, 0.6) is 0 Å². The molecular weight excluding hydrogens is 570 g/mol. The molecule has 0 atom stereocenters. The first-order valence-electron chi connectivity index (χ1n) is 13.0. The smallest absolute Gasteiger partial charge is 0.263 e. The van der Waals surface area contributed by atoms with E-state index in [1.807, 2.05) is 12.1 Å². The van der Waals surface area contributed by atoms with Crippen molar-refractivity contribution in [3.05, 3.63) is 57.5 Å². The fraction of sp³-hybridized carbons (Fsp3) is 0.481. The number of nitrogens with one attached hydrogen (secondary N) is 1. The van der Waals surface area contributed by atoms with Crippen LogP contribution in [-0.2, 0) is 15.4 Å². The van der Waals surface area contributed by atoms with Gasteiger partial charge in [-0.25, -0.2) is 13.4 Å². The molecule has 1 aliphatic heterocycles. The number of piperidine rings is 1. The van der Waals surface area contributed by atoms with E-state index < -0.39 is 10.0 Å². The fourth-order valence-electron chi connectivity index (χ4n) is 5.64. The molecule has 2 aromatic heterocycles. The van der Waals surface area contributed by atoms with Crippen molar-refractivity contribution in [2.45, 2.75) is 74.7 Å². The number of hydrogen-bond acceptors (Lipinski definition) is 7. The summed E-state index contributed by atoms with van der Waals surface area (Å²) < 4.78 is 29.5. The third kappa shape index (κ3) is 5.03. The monoisotopic (exact) mass is 601 g/mol. The maximum Gasteiger partial charge on any atom is 0.263 e. The summed E-state index contributed by atoms with van der Waals surface area (Å²) in [7, 11) is -3.55. The molecular formula is C27H32BrN5O4S. The second-order valence-electron chi connectivity index (χ2n) is 10.2. The van der Waals surface area contributed by atoms with Crippen molar-refractivity contribution >= 4 is 48.7 Å². The zero-order valence-electron chi connectivity index (χ0n) is 21.6. The Kier molecular flexibility index (Phi) is 7.70. The third-order valence-corrected chi connectivity index (χ3v) is 10.3. The van der Waals surface area contributed by atoms with Crippen molar-refractivity contribution in [3.63, 3.8) is 0 Å².